The number of hydrogen-bond donors (Lipinski definition) is 0. The number of rotatable bonds is 11. The number of aromatic nitrogens is 3. The van der Waals surface area contributed by atoms with Crippen LogP contribution in [0.15, 0.2) is 82.6 Å². The lowest BCUT2D eigenvalue weighted by Gasteiger charge is -2.32. The van der Waals surface area contributed by atoms with Gasteiger partial charge in [-0.2, -0.15) is 10.4 Å². The molecule has 5 aromatic rings. The fourth-order valence-corrected chi connectivity index (χ4v) is 8.61. The first kappa shape index (κ1) is 33.2. The number of nitriles is 1. The first-order chi connectivity index (χ1) is 22.7. The summed E-state index contributed by atoms with van der Waals surface area (Å²) in [5, 5.41) is 27.1. The molecule has 48 heavy (non-hydrogen) atoms. The van der Waals surface area contributed by atoms with Crippen molar-refractivity contribution in [2.45, 2.75) is 43.4 Å². The molecule has 14 heteroatoms. The molecule has 0 N–H and O–H groups in total. The molecule has 1 aliphatic rings. The molecule has 0 spiro atoms. The number of para-hydroxylation sites is 1. The second-order valence-corrected chi connectivity index (χ2v) is 19.7. The van der Waals surface area contributed by atoms with Crippen molar-refractivity contribution >= 4 is 42.3 Å². The van der Waals surface area contributed by atoms with E-state index in [-0.39, 0.29) is 12.4 Å². The van der Waals surface area contributed by atoms with E-state index in [2.05, 4.69) is 29.8 Å². The van der Waals surface area contributed by atoms with E-state index in [1.165, 1.54) is 41.2 Å². The van der Waals surface area contributed by atoms with Gasteiger partial charge in [-0.15, -0.1) is 0 Å². The molecule has 1 aliphatic carbocycles. The molecule has 2 aromatic heterocycles. The van der Waals surface area contributed by atoms with Crippen LogP contribution in [-0.2, 0) is 26.9 Å². The van der Waals surface area contributed by atoms with Crippen LogP contribution in [0.25, 0.3) is 22.4 Å². The minimum absolute atomic E-state index is 0.170. The quantitative estimate of drug-likeness (QED) is 0.0831. The van der Waals surface area contributed by atoms with Crippen molar-refractivity contribution < 1.29 is 22.5 Å². The van der Waals surface area contributed by atoms with E-state index in [0.29, 0.717) is 40.9 Å². The summed E-state index contributed by atoms with van der Waals surface area (Å²) in [5.74, 6) is 1.32. The number of ether oxygens (including phenoxy) is 1. The van der Waals surface area contributed by atoms with Crippen molar-refractivity contribution in [3.8, 4) is 17.5 Å². The van der Waals surface area contributed by atoms with Crippen molar-refractivity contribution in [1.29, 1.82) is 5.26 Å². The maximum absolute atomic E-state index is 14.8. The van der Waals surface area contributed by atoms with Gasteiger partial charge in [-0.3, -0.25) is 14.4 Å². The predicted octanol–water partition coefficient (Wildman–Crippen LogP) is 6.76. The Morgan fingerprint density at radius 1 is 1.15 bits per heavy atom. The average Bonchev–Trinajstić information content (AvgIpc) is 3.75. The van der Waals surface area contributed by atoms with Crippen molar-refractivity contribution in [3.05, 3.63) is 100 Å². The van der Waals surface area contributed by atoms with Crippen molar-refractivity contribution in [2.75, 3.05) is 35.4 Å². The number of anilines is 1. The Balaban J connectivity index is 1.54. The number of nitro groups is 1. The zero-order chi connectivity index (χ0) is 34.4. The Kier molecular flexibility index (Phi) is 8.57. The summed E-state index contributed by atoms with van der Waals surface area (Å²) in [6, 6.07) is 17.2. The predicted molar refractivity (Wildman–Crippen MR) is 186 cm³/mol. The smallest absolute Gasteiger partial charge is 0.289 e. The molecule has 12 nitrogen and oxygen atoms in total. The number of nitro benzene ring substituents is 1. The summed E-state index contributed by atoms with van der Waals surface area (Å²) < 4.78 is 44.2. The van der Waals surface area contributed by atoms with Gasteiger partial charge in [0.25, 0.3) is 15.7 Å². The van der Waals surface area contributed by atoms with Crippen LogP contribution in [0.4, 0.5) is 11.4 Å². The molecule has 250 valence electrons. The normalized spacial score (nSPS) is 16.0. The van der Waals surface area contributed by atoms with Crippen LogP contribution in [0.2, 0.25) is 0 Å². The van der Waals surface area contributed by atoms with Crippen molar-refractivity contribution in [2.24, 2.45) is 0 Å². The molecule has 0 amide bonds. The zero-order valence-electron chi connectivity index (χ0n) is 27.3. The van der Waals surface area contributed by atoms with Crippen LogP contribution in [0.5, 0.6) is 0 Å². The third-order valence-corrected chi connectivity index (χ3v) is 11.8. The largest absolute Gasteiger partial charge is 0.442 e. The number of oxazole rings is 1. The first-order valence-corrected chi connectivity index (χ1v) is 19.6. The summed E-state index contributed by atoms with van der Waals surface area (Å²) in [4.78, 5) is 15.0. The zero-order valence-corrected chi connectivity index (χ0v) is 28.9. The highest BCUT2D eigenvalue weighted by Crippen LogP contribution is 2.51. The van der Waals surface area contributed by atoms with Gasteiger partial charge in [0.2, 0.25) is 0 Å². The van der Waals surface area contributed by atoms with Gasteiger partial charge in [0.15, 0.2) is 17.0 Å². The van der Waals surface area contributed by atoms with Gasteiger partial charge in [-0.05, 0) is 78.1 Å². The Morgan fingerprint density at radius 2 is 1.92 bits per heavy atom. The fraction of sp³-hybridized carbons (Fsp3) is 0.324. The van der Waals surface area contributed by atoms with Gasteiger partial charge in [0.05, 0.1) is 46.6 Å². The molecule has 0 saturated heterocycles. The van der Waals surface area contributed by atoms with Crippen LogP contribution < -0.4 is 4.31 Å². The van der Waals surface area contributed by atoms with Crippen LogP contribution in [0.1, 0.15) is 43.0 Å². The lowest BCUT2D eigenvalue weighted by Crippen LogP contribution is -2.35. The van der Waals surface area contributed by atoms with Gasteiger partial charge in [-0.1, -0.05) is 32.0 Å². The number of nitrogens with zero attached hydrogens (tertiary/aromatic N) is 6. The SMILES string of the molecule is CC1(C)CC(N(c2ccc3c(c2)c(-c2cnco2)nn3COCCS(C)(C)C)S(=O)(=O)c2ccccc2[N+](=O)[O-])c2ccc(C#N)cc21. The van der Waals surface area contributed by atoms with E-state index in [0.717, 1.165) is 16.9 Å². The van der Waals surface area contributed by atoms with Gasteiger partial charge in [0, 0.05) is 17.2 Å². The fourth-order valence-electron chi connectivity index (χ4n) is 6.21. The summed E-state index contributed by atoms with van der Waals surface area (Å²) in [6.07, 6.45) is 9.86. The van der Waals surface area contributed by atoms with Crippen molar-refractivity contribution in [1.82, 2.24) is 14.8 Å². The average molecular weight is 689 g/mol. The molecule has 0 radical (unpaired) electrons. The number of hydrogen-bond acceptors (Lipinski definition) is 9. The standard InChI is InChI=1S/C34H36N6O6S2/c1-34(2)18-30(25-12-10-23(19-35)16-27(25)34)39(48(43,44)32-9-7-6-8-29(32)40(41)42)24-11-13-28-26(17-24)33(31-20-36-21-46-31)37-38(28)22-45-14-15-47(3,4)5/h6-13,16-17,20-21,30H,14-15,18,22H2,1-5H3. The van der Waals surface area contributed by atoms with Crippen molar-refractivity contribution in [3.63, 3.8) is 0 Å². The Morgan fingerprint density at radius 3 is 2.60 bits per heavy atom. The molecular weight excluding hydrogens is 653 g/mol. The van der Waals surface area contributed by atoms with E-state index in [1.54, 1.807) is 41.1 Å². The summed E-state index contributed by atoms with van der Waals surface area (Å²) in [6.45, 7) is 4.73. The second kappa shape index (κ2) is 12.4. The van der Waals surface area contributed by atoms with E-state index >= 15 is 0 Å². The van der Waals surface area contributed by atoms with Crippen LogP contribution >= 0.6 is 10.0 Å². The maximum atomic E-state index is 14.8. The molecule has 0 aliphatic heterocycles. The third-order valence-electron chi connectivity index (χ3n) is 8.56. The summed E-state index contributed by atoms with van der Waals surface area (Å²) in [7, 11) is -5.29. The lowest BCUT2D eigenvalue weighted by atomic mass is 9.86. The van der Waals surface area contributed by atoms with E-state index in [1.807, 2.05) is 13.8 Å². The van der Waals surface area contributed by atoms with E-state index in [9.17, 15) is 23.8 Å². The monoisotopic (exact) mass is 688 g/mol. The molecule has 0 saturated carbocycles. The summed E-state index contributed by atoms with van der Waals surface area (Å²) >= 11 is 0. The van der Waals surface area contributed by atoms with Gasteiger partial charge in [0.1, 0.15) is 12.4 Å². The number of fused-ring (bicyclic) bond motifs is 2. The summed E-state index contributed by atoms with van der Waals surface area (Å²) in [5.41, 5.74) is 2.43. The van der Waals surface area contributed by atoms with Crippen LogP contribution in [-0.4, -0.2) is 59.2 Å². The Bertz CT molecular complexity index is 2160. The molecule has 1 atom stereocenters. The van der Waals surface area contributed by atoms with E-state index in [4.69, 9.17) is 14.3 Å². The second-order valence-electron chi connectivity index (χ2n) is 13.3. The third kappa shape index (κ3) is 6.16. The van der Waals surface area contributed by atoms with E-state index < -0.39 is 47.0 Å². The molecule has 3 aromatic carbocycles. The highest BCUT2D eigenvalue weighted by Gasteiger charge is 2.45. The number of sulfonamides is 1. The first-order valence-electron chi connectivity index (χ1n) is 15.2. The Labute approximate surface area is 280 Å². The molecule has 2 heterocycles. The van der Waals surface area contributed by atoms with Crippen LogP contribution in [0, 0.1) is 21.4 Å². The molecular formula is C34H36N6O6S2. The highest BCUT2D eigenvalue weighted by molar-refractivity contribution is 8.32. The number of benzene rings is 3. The molecule has 1 unspecified atom stereocenters. The topological polar surface area (TPSA) is 157 Å². The van der Waals surface area contributed by atoms with Gasteiger partial charge >= 0.3 is 0 Å². The molecule has 0 fully saturated rings. The van der Waals surface area contributed by atoms with Crippen LogP contribution in [0.3, 0.4) is 0 Å². The van der Waals surface area contributed by atoms with Gasteiger partial charge in [-0.25, -0.2) is 28.1 Å². The minimum atomic E-state index is -4.54. The lowest BCUT2D eigenvalue weighted by molar-refractivity contribution is -0.387. The van der Waals surface area contributed by atoms with Gasteiger partial charge < -0.3 is 9.15 Å². The highest BCUT2D eigenvalue weighted by atomic mass is 32.3. The molecule has 0 bridgehead atoms. The maximum Gasteiger partial charge on any atom is 0.289 e. The molecule has 6 rings (SSSR count). The minimum Gasteiger partial charge on any atom is -0.442 e. The Hall–Kier alpha value is -4.71.